The first-order chi connectivity index (χ1) is 20.8. The Morgan fingerprint density at radius 2 is 1.75 bits per heavy atom. The molecule has 0 bridgehead atoms. The summed E-state index contributed by atoms with van der Waals surface area (Å²) in [5, 5.41) is 5.81. The van der Waals surface area contributed by atoms with E-state index in [2.05, 4.69) is 30.6 Å². The molecule has 1 aliphatic heterocycles. The van der Waals surface area contributed by atoms with Gasteiger partial charge in [-0.25, -0.2) is 33.5 Å². The third-order valence-corrected chi connectivity index (χ3v) is 8.28. The van der Waals surface area contributed by atoms with Crippen molar-refractivity contribution in [2.75, 3.05) is 35.2 Å². The number of hydrogen-bond donors (Lipinski definition) is 2. The van der Waals surface area contributed by atoms with E-state index in [1.54, 1.807) is 32.6 Å². The highest BCUT2D eigenvalue weighted by Gasteiger charge is 2.72. The summed E-state index contributed by atoms with van der Waals surface area (Å²) in [7, 11) is 1.50. The van der Waals surface area contributed by atoms with Crippen LogP contribution in [0.5, 0.6) is 0 Å². The van der Waals surface area contributed by atoms with Gasteiger partial charge in [0.15, 0.2) is 11.6 Å². The van der Waals surface area contributed by atoms with Crippen LogP contribution in [0.1, 0.15) is 32.8 Å². The fraction of sp³-hybridized carbons (Fsp3) is 0.448. The van der Waals surface area contributed by atoms with Crippen LogP contribution in [-0.4, -0.2) is 66.3 Å². The van der Waals surface area contributed by atoms with E-state index >= 15 is 0 Å². The first-order valence-corrected chi connectivity index (χ1v) is 14.1. The molecule has 4 heterocycles. The van der Waals surface area contributed by atoms with E-state index in [1.165, 1.54) is 36.3 Å². The van der Waals surface area contributed by atoms with Crippen molar-refractivity contribution < 1.29 is 18.4 Å². The minimum atomic E-state index is -2.58. The number of halogens is 2. The van der Waals surface area contributed by atoms with Crippen molar-refractivity contribution in [2.45, 2.75) is 46.6 Å². The number of carbonyl (C=O) groups is 2. The number of rotatable bonds is 10. The largest absolute Gasteiger partial charge is 0.367 e. The zero-order valence-electron chi connectivity index (χ0n) is 25.0. The molecule has 1 amide bonds. The van der Waals surface area contributed by atoms with Crippen molar-refractivity contribution in [1.82, 2.24) is 29.1 Å². The smallest absolute Gasteiger partial charge is 0.332 e. The molecular formula is C29H33F2N9O4. The molecule has 2 N–H and O–H groups in total. The molecule has 3 aromatic heterocycles. The topological polar surface area (TPSA) is 157 Å². The van der Waals surface area contributed by atoms with Crippen LogP contribution in [0.2, 0.25) is 0 Å². The van der Waals surface area contributed by atoms with Gasteiger partial charge in [0, 0.05) is 57.3 Å². The van der Waals surface area contributed by atoms with Crippen LogP contribution in [-0.2, 0) is 23.2 Å². The molecule has 1 saturated heterocycles. The molecule has 15 heteroatoms. The van der Waals surface area contributed by atoms with Crippen molar-refractivity contribution in [2.24, 2.45) is 18.9 Å². The molecule has 2 unspecified atom stereocenters. The summed E-state index contributed by atoms with van der Waals surface area (Å²) in [5.41, 5.74) is 0.645. The number of fused-ring (bicyclic) bond motifs is 1. The molecule has 2 atom stereocenters. The summed E-state index contributed by atoms with van der Waals surface area (Å²) >= 11 is 0. The maximum absolute atomic E-state index is 13.5. The Morgan fingerprint density at radius 1 is 1.09 bits per heavy atom. The van der Waals surface area contributed by atoms with E-state index in [9.17, 15) is 28.0 Å². The van der Waals surface area contributed by atoms with Gasteiger partial charge in [0.1, 0.15) is 11.6 Å². The van der Waals surface area contributed by atoms with Gasteiger partial charge in [-0.1, -0.05) is 6.92 Å². The third-order valence-electron chi connectivity index (χ3n) is 8.28. The van der Waals surface area contributed by atoms with Gasteiger partial charge in [0.25, 0.3) is 17.4 Å². The second-order valence-corrected chi connectivity index (χ2v) is 11.1. The van der Waals surface area contributed by atoms with E-state index in [0.29, 0.717) is 28.5 Å². The highest BCUT2D eigenvalue weighted by molar-refractivity contribution is 6.03. The lowest BCUT2D eigenvalue weighted by Gasteiger charge is -2.19. The molecule has 13 nitrogen and oxygen atoms in total. The molecule has 3 aromatic rings. The predicted octanol–water partition coefficient (Wildman–Crippen LogP) is 2.17. The maximum Gasteiger partial charge on any atom is 0.332 e. The Morgan fingerprint density at radius 3 is 2.39 bits per heavy atom. The lowest BCUT2D eigenvalue weighted by Crippen LogP contribution is -2.43. The minimum Gasteiger partial charge on any atom is -0.367 e. The Bertz CT molecular complexity index is 1730. The number of amides is 1. The van der Waals surface area contributed by atoms with Crippen LogP contribution < -0.4 is 26.8 Å². The Hall–Kier alpha value is -4.82. The van der Waals surface area contributed by atoms with Gasteiger partial charge in [-0.05, 0) is 32.4 Å². The quantitative estimate of drug-likeness (QED) is 0.327. The SMILES string of the molecule is CCC(=O)Cn1c(=O)c(C)c(NC/C(C)=C(/C)C(=O)Nc2ccnc(-c3cnc(N4CC5C(C4)C5(F)F)nc3)n2)n(C)c1=O. The molecule has 44 heavy (non-hydrogen) atoms. The summed E-state index contributed by atoms with van der Waals surface area (Å²) in [5.74, 6) is -3.31. The third kappa shape index (κ3) is 5.73. The van der Waals surface area contributed by atoms with Crippen LogP contribution in [0, 0.1) is 18.8 Å². The lowest BCUT2D eigenvalue weighted by atomic mass is 10.1. The molecule has 0 radical (unpaired) electrons. The fourth-order valence-electron chi connectivity index (χ4n) is 5.19. The minimum absolute atomic E-state index is 0.166. The zero-order valence-corrected chi connectivity index (χ0v) is 25.0. The number of hydrogen-bond acceptors (Lipinski definition) is 10. The number of alkyl halides is 2. The Kier molecular flexibility index (Phi) is 8.14. The average Bonchev–Trinajstić information content (AvgIpc) is 3.32. The van der Waals surface area contributed by atoms with E-state index in [-0.39, 0.29) is 55.6 Å². The van der Waals surface area contributed by atoms with Gasteiger partial charge >= 0.3 is 5.69 Å². The Labute approximate surface area is 251 Å². The first kappa shape index (κ1) is 30.6. The van der Waals surface area contributed by atoms with E-state index in [1.807, 2.05) is 0 Å². The van der Waals surface area contributed by atoms with E-state index < -0.39 is 34.9 Å². The van der Waals surface area contributed by atoms with Gasteiger partial charge in [-0.3, -0.25) is 23.5 Å². The number of Topliss-reactive ketones (excluding diaryl/α,β-unsaturated/α-hetero) is 1. The lowest BCUT2D eigenvalue weighted by molar-refractivity contribution is -0.119. The van der Waals surface area contributed by atoms with Crippen LogP contribution in [0.3, 0.4) is 0 Å². The van der Waals surface area contributed by atoms with Crippen LogP contribution in [0.15, 0.2) is 45.4 Å². The van der Waals surface area contributed by atoms with Gasteiger partial charge in [-0.15, -0.1) is 0 Å². The maximum atomic E-state index is 13.5. The summed E-state index contributed by atoms with van der Waals surface area (Å²) in [6.07, 6.45) is 4.73. The molecule has 1 aliphatic carbocycles. The highest BCUT2D eigenvalue weighted by atomic mass is 19.3. The highest BCUT2D eigenvalue weighted by Crippen LogP contribution is 2.59. The molecule has 2 aliphatic rings. The normalized spacial score (nSPS) is 18.8. The Balaban J connectivity index is 1.23. The van der Waals surface area contributed by atoms with Crippen molar-refractivity contribution in [3.05, 3.63) is 62.2 Å². The van der Waals surface area contributed by atoms with Crippen molar-refractivity contribution in [3.8, 4) is 11.4 Å². The van der Waals surface area contributed by atoms with Gasteiger partial charge in [0.05, 0.1) is 29.5 Å². The van der Waals surface area contributed by atoms with Crippen LogP contribution in [0.4, 0.5) is 26.4 Å². The van der Waals surface area contributed by atoms with Crippen molar-refractivity contribution >= 4 is 29.3 Å². The molecule has 1 saturated carbocycles. The summed E-state index contributed by atoms with van der Waals surface area (Å²) < 4.78 is 29.2. The first-order valence-electron chi connectivity index (χ1n) is 14.1. The number of ketones is 1. The molecular weight excluding hydrogens is 576 g/mol. The molecule has 0 aromatic carbocycles. The molecule has 2 fully saturated rings. The average molecular weight is 610 g/mol. The number of carbonyl (C=O) groups excluding carboxylic acids is 2. The second kappa shape index (κ2) is 11.7. The summed E-state index contributed by atoms with van der Waals surface area (Å²) in [6.45, 7) is 6.94. The van der Waals surface area contributed by atoms with Gasteiger partial charge in [0.2, 0.25) is 5.95 Å². The van der Waals surface area contributed by atoms with Crippen LogP contribution >= 0.6 is 0 Å². The number of anilines is 3. The number of nitrogens with zero attached hydrogens (tertiary/aromatic N) is 7. The molecule has 0 spiro atoms. The summed E-state index contributed by atoms with van der Waals surface area (Å²) in [4.78, 5) is 69.4. The van der Waals surface area contributed by atoms with Crippen molar-refractivity contribution in [1.29, 1.82) is 0 Å². The molecule has 232 valence electrons. The van der Waals surface area contributed by atoms with E-state index in [0.717, 1.165) is 4.57 Å². The predicted molar refractivity (Wildman–Crippen MR) is 159 cm³/mol. The van der Waals surface area contributed by atoms with E-state index in [4.69, 9.17) is 0 Å². The van der Waals surface area contributed by atoms with Crippen LogP contribution in [0.25, 0.3) is 11.4 Å². The second-order valence-electron chi connectivity index (χ2n) is 11.1. The number of aromatic nitrogens is 6. The summed E-state index contributed by atoms with van der Waals surface area (Å²) in [6, 6.07) is 1.53. The van der Waals surface area contributed by atoms with Gasteiger partial charge in [-0.2, -0.15) is 0 Å². The van der Waals surface area contributed by atoms with Crippen molar-refractivity contribution in [3.63, 3.8) is 0 Å². The zero-order chi connectivity index (χ0) is 31.9. The standard InChI is InChI=1S/C29H33F2N9O4/c1-6-19(41)12-40-26(43)17(4)24(38(5)28(40)44)33-9-15(2)16(3)25(42)37-22-7-8-32-23(36-22)18-10-34-27(35-11-18)39-13-20-21(14-39)29(20,30)31/h7-8,10-11,20-21,33H,6,9,12-14H2,1-5H3,(H,32,36,37,42)/b16-15-. The fourth-order valence-corrected chi connectivity index (χ4v) is 5.19. The number of piperidine rings is 1. The molecule has 5 rings (SSSR count). The number of nitrogens with one attached hydrogen (secondary N) is 2. The van der Waals surface area contributed by atoms with Gasteiger partial charge < -0.3 is 15.5 Å². The monoisotopic (exact) mass is 609 g/mol.